The number of rotatable bonds is 6. The van der Waals surface area contributed by atoms with Crippen LogP contribution in [0.4, 0.5) is 4.39 Å². The molecule has 4 rings (SSSR count). The molecule has 32 heavy (non-hydrogen) atoms. The van der Waals surface area contributed by atoms with E-state index in [0.29, 0.717) is 33.9 Å². The van der Waals surface area contributed by atoms with Gasteiger partial charge >= 0.3 is 0 Å². The highest BCUT2D eigenvalue weighted by atomic mass is 32.2. The summed E-state index contributed by atoms with van der Waals surface area (Å²) in [5, 5.41) is 0.781. The number of para-hydroxylation sites is 1. The van der Waals surface area contributed by atoms with Crippen molar-refractivity contribution in [1.82, 2.24) is 14.5 Å². The minimum Gasteiger partial charge on any atom is -0.341 e. The Kier molecular flexibility index (Phi) is 6.37. The largest absolute Gasteiger partial charge is 0.341 e. The predicted molar refractivity (Wildman–Crippen MR) is 126 cm³/mol. The summed E-state index contributed by atoms with van der Waals surface area (Å²) in [6.45, 7) is 2.15. The average Bonchev–Trinajstić information content (AvgIpc) is 2.80. The van der Waals surface area contributed by atoms with Crippen LogP contribution in [0.3, 0.4) is 0 Å². The highest BCUT2D eigenvalue weighted by molar-refractivity contribution is 7.99. The van der Waals surface area contributed by atoms with E-state index in [0.717, 1.165) is 5.56 Å². The van der Waals surface area contributed by atoms with Gasteiger partial charge in [-0.05, 0) is 42.3 Å². The van der Waals surface area contributed by atoms with Crippen molar-refractivity contribution >= 4 is 28.6 Å². The number of thioether (sulfide) groups is 1. The summed E-state index contributed by atoms with van der Waals surface area (Å²) < 4.78 is 15.6. The van der Waals surface area contributed by atoms with Gasteiger partial charge in [0, 0.05) is 13.6 Å². The fourth-order valence-corrected chi connectivity index (χ4v) is 4.29. The number of benzene rings is 3. The molecule has 1 amide bonds. The number of fused-ring (bicyclic) bond motifs is 1. The lowest BCUT2D eigenvalue weighted by Crippen LogP contribution is -2.28. The molecule has 0 saturated carbocycles. The number of aryl methyl sites for hydroxylation is 1. The number of halogens is 1. The van der Waals surface area contributed by atoms with Gasteiger partial charge in [-0.1, -0.05) is 60.3 Å². The summed E-state index contributed by atoms with van der Waals surface area (Å²) >= 11 is 1.17. The van der Waals surface area contributed by atoms with Crippen molar-refractivity contribution in [2.75, 3.05) is 12.8 Å². The van der Waals surface area contributed by atoms with Crippen molar-refractivity contribution in [1.29, 1.82) is 0 Å². The second-order valence-corrected chi connectivity index (χ2v) is 8.45. The maximum absolute atomic E-state index is 14.3. The average molecular weight is 448 g/mol. The lowest BCUT2D eigenvalue weighted by Gasteiger charge is -2.18. The Morgan fingerprint density at radius 3 is 2.53 bits per heavy atom. The number of hydrogen-bond donors (Lipinski definition) is 0. The van der Waals surface area contributed by atoms with E-state index in [-0.39, 0.29) is 17.2 Å². The Balaban J connectivity index is 1.66. The summed E-state index contributed by atoms with van der Waals surface area (Å²) in [6.07, 6.45) is 0. The molecule has 0 N–H and O–H groups in total. The van der Waals surface area contributed by atoms with Gasteiger partial charge in [0.1, 0.15) is 5.82 Å². The van der Waals surface area contributed by atoms with Gasteiger partial charge < -0.3 is 4.90 Å². The number of carbonyl (C=O) groups excluding carboxylic acids is 1. The number of carbonyl (C=O) groups is 1. The fraction of sp³-hybridized carbons (Fsp3) is 0.160. The van der Waals surface area contributed by atoms with Gasteiger partial charge in [-0.15, -0.1) is 0 Å². The number of nitrogens with zero attached hydrogens (tertiary/aromatic N) is 3. The number of hydrogen-bond acceptors (Lipinski definition) is 4. The predicted octanol–water partition coefficient (Wildman–Crippen LogP) is 4.58. The van der Waals surface area contributed by atoms with Gasteiger partial charge in [0.15, 0.2) is 5.16 Å². The van der Waals surface area contributed by atoms with Crippen LogP contribution in [-0.2, 0) is 11.3 Å². The topological polar surface area (TPSA) is 55.2 Å². The van der Waals surface area contributed by atoms with Crippen LogP contribution in [0, 0.1) is 12.7 Å². The summed E-state index contributed by atoms with van der Waals surface area (Å²) in [4.78, 5) is 32.3. The first-order valence-corrected chi connectivity index (χ1v) is 11.1. The quantitative estimate of drug-likeness (QED) is 0.321. The molecule has 4 aromatic rings. The smallest absolute Gasteiger partial charge is 0.266 e. The van der Waals surface area contributed by atoms with Crippen LogP contribution in [0.5, 0.6) is 0 Å². The molecule has 162 valence electrons. The first kappa shape index (κ1) is 21.8. The van der Waals surface area contributed by atoms with E-state index in [4.69, 9.17) is 0 Å². The van der Waals surface area contributed by atoms with Crippen LogP contribution >= 0.6 is 11.8 Å². The molecule has 0 spiro atoms. The number of aromatic nitrogens is 2. The first-order valence-electron chi connectivity index (χ1n) is 10.1. The fourth-order valence-electron chi connectivity index (χ4n) is 3.34. The molecular weight excluding hydrogens is 425 g/mol. The summed E-state index contributed by atoms with van der Waals surface area (Å²) in [6, 6.07) is 21.4. The van der Waals surface area contributed by atoms with E-state index >= 15 is 0 Å². The second kappa shape index (κ2) is 9.36. The van der Waals surface area contributed by atoms with Gasteiger partial charge in [-0.2, -0.15) is 0 Å². The highest BCUT2D eigenvalue weighted by Crippen LogP contribution is 2.23. The van der Waals surface area contributed by atoms with Crippen molar-refractivity contribution in [2.45, 2.75) is 18.6 Å². The zero-order valence-electron chi connectivity index (χ0n) is 17.8. The van der Waals surface area contributed by atoms with Crippen molar-refractivity contribution < 1.29 is 9.18 Å². The zero-order valence-corrected chi connectivity index (χ0v) is 18.6. The maximum atomic E-state index is 14.3. The molecular formula is C25H22FN3O2S. The standard InChI is InChI=1S/C25H22FN3O2S/c1-17-12-13-19(14-21(17)26)29-24(31)20-10-6-7-11-22(20)27-25(29)32-16-23(30)28(2)15-18-8-4-3-5-9-18/h3-14H,15-16H2,1-2H3. The van der Waals surface area contributed by atoms with Crippen LogP contribution in [-0.4, -0.2) is 33.2 Å². The monoisotopic (exact) mass is 447 g/mol. The molecule has 5 nitrogen and oxygen atoms in total. The van der Waals surface area contributed by atoms with Crippen LogP contribution in [0.2, 0.25) is 0 Å². The Morgan fingerprint density at radius 2 is 1.78 bits per heavy atom. The zero-order chi connectivity index (χ0) is 22.7. The molecule has 0 saturated heterocycles. The molecule has 0 fully saturated rings. The summed E-state index contributed by atoms with van der Waals surface area (Å²) in [5.41, 5.74) is 2.14. The minimum atomic E-state index is -0.405. The highest BCUT2D eigenvalue weighted by Gasteiger charge is 2.17. The lowest BCUT2D eigenvalue weighted by atomic mass is 10.2. The molecule has 0 aliphatic heterocycles. The molecule has 0 bridgehead atoms. The lowest BCUT2D eigenvalue weighted by molar-refractivity contribution is -0.127. The molecule has 0 atom stereocenters. The molecule has 0 aliphatic carbocycles. The van der Waals surface area contributed by atoms with E-state index in [1.807, 2.05) is 30.3 Å². The Labute approximate surface area is 189 Å². The van der Waals surface area contributed by atoms with Gasteiger partial charge in [-0.3, -0.25) is 14.2 Å². The van der Waals surface area contributed by atoms with Gasteiger partial charge in [0.25, 0.3) is 5.56 Å². The molecule has 0 unspecified atom stereocenters. The van der Waals surface area contributed by atoms with Crippen LogP contribution < -0.4 is 5.56 Å². The Hall–Kier alpha value is -3.45. The summed E-state index contributed by atoms with van der Waals surface area (Å²) in [7, 11) is 1.74. The summed E-state index contributed by atoms with van der Waals surface area (Å²) in [5.74, 6) is -0.400. The Bertz CT molecular complexity index is 1340. The number of amides is 1. The normalized spacial score (nSPS) is 11.0. The van der Waals surface area contributed by atoms with E-state index in [2.05, 4.69) is 4.98 Å². The van der Waals surface area contributed by atoms with E-state index in [1.54, 1.807) is 55.3 Å². The van der Waals surface area contributed by atoms with Crippen molar-refractivity contribution in [3.8, 4) is 5.69 Å². The Morgan fingerprint density at radius 1 is 1.06 bits per heavy atom. The van der Waals surface area contributed by atoms with E-state index in [9.17, 15) is 14.0 Å². The third-order valence-corrected chi connectivity index (χ3v) is 6.09. The molecule has 3 aromatic carbocycles. The van der Waals surface area contributed by atoms with Gasteiger partial charge in [0.05, 0.1) is 22.3 Å². The molecule has 1 heterocycles. The van der Waals surface area contributed by atoms with Crippen molar-refractivity contribution in [3.63, 3.8) is 0 Å². The van der Waals surface area contributed by atoms with Crippen molar-refractivity contribution in [2.24, 2.45) is 0 Å². The molecule has 1 aromatic heterocycles. The van der Waals surface area contributed by atoms with Gasteiger partial charge in [-0.25, -0.2) is 9.37 Å². The second-order valence-electron chi connectivity index (χ2n) is 7.51. The van der Waals surface area contributed by atoms with E-state index in [1.165, 1.54) is 22.4 Å². The third kappa shape index (κ3) is 4.57. The molecule has 0 radical (unpaired) electrons. The molecule has 7 heteroatoms. The van der Waals surface area contributed by atoms with E-state index < -0.39 is 5.82 Å². The van der Waals surface area contributed by atoms with Gasteiger partial charge in [0.2, 0.25) is 5.91 Å². The SMILES string of the molecule is Cc1ccc(-n2c(SCC(=O)N(C)Cc3ccccc3)nc3ccccc3c2=O)cc1F. The van der Waals surface area contributed by atoms with Crippen LogP contribution in [0.25, 0.3) is 16.6 Å². The van der Waals surface area contributed by atoms with Crippen LogP contribution in [0.15, 0.2) is 82.7 Å². The third-order valence-electron chi connectivity index (χ3n) is 5.17. The maximum Gasteiger partial charge on any atom is 0.266 e. The van der Waals surface area contributed by atoms with Crippen molar-refractivity contribution in [3.05, 3.63) is 100 Å². The molecule has 0 aliphatic rings. The first-order chi connectivity index (χ1) is 15.4. The minimum absolute atomic E-state index is 0.0945. The van der Waals surface area contributed by atoms with Crippen LogP contribution in [0.1, 0.15) is 11.1 Å².